The average Bonchev–Trinajstić information content (AvgIpc) is 2.06. The van der Waals surface area contributed by atoms with E-state index in [1.165, 1.54) is 0 Å². The van der Waals surface area contributed by atoms with E-state index in [1.807, 2.05) is 0 Å². The maximum atomic E-state index is 11.2. The number of piperidine rings is 1. The SMILES string of the molecule is C#CCC(=O)N1CCC(N)CC1. The highest BCUT2D eigenvalue weighted by Crippen LogP contribution is 2.08. The largest absolute Gasteiger partial charge is 0.342 e. The molecule has 0 bridgehead atoms. The van der Waals surface area contributed by atoms with Gasteiger partial charge >= 0.3 is 0 Å². The Balaban J connectivity index is 2.35. The molecule has 1 aliphatic rings. The predicted molar refractivity (Wildman–Crippen MR) is 47.2 cm³/mol. The Morgan fingerprint density at radius 3 is 2.67 bits per heavy atom. The number of carbonyl (C=O) groups is 1. The molecule has 1 fully saturated rings. The van der Waals surface area contributed by atoms with E-state index in [0.29, 0.717) is 0 Å². The van der Waals surface area contributed by atoms with Crippen LogP contribution in [0.15, 0.2) is 0 Å². The highest BCUT2D eigenvalue weighted by molar-refractivity contribution is 5.78. The molecule has 0 aliphatic carbocycles. The molecule has 0 aromatic rings. The van der Waals surface area contributed by atoms with Crippen LogP contribution in [-0.2, 0) is 4.79 Å². The first-order valence-electron chi connectivity index (χ1n) is 4.21. The monoisotopic (exact) mass is 166 g/mol. The van der Waals surface area contributed by atoms with Crippen molar-refractivity contribution >= 4 is 5.91 Å². The molecule has 0 radical (unpaired) electrons. The van der Waals surface area contributed by atoms with Crippen molar-refractivity contribution in [1.82, 2.24) is 4.90 Å². The van der Waals surface area contributed by atoms with Gasteiger partial charge in [0.2, 0.25) is 5.91 Å². The maximum absolute atomic E-state index is 11.2. The van der Waals surface area contributed by atoms with Crippen LogP contribution in [0.1, 0.15) is 19.3 Å². The second-order valence-electron chi connectivity index (χ2n) is 3.10. The van der Waals surface area contributed by atoms with Crippen LogP contribution in [0, 0.1) is 12.3 Å². The van der Waals surface area contributed by atoms with E-state index in [0.717, 1.165) is 25.9 Å². The third kappa shape index (κ3) is 2.24. The fourth-order valence-corrected chi connectivity index (χ4v) is 1.35. The van der Waals surface area contributed by atoms with Crippen LogP contribution in [-0.4, -0.2) is 29.9 Å². The second kappa shape index (κ2) is 4.13. The lowest BCUT2D eigenvalue weighted by molar-refractivity contribution is -0.131. The molecule has 1 rings (SSSR count). The number of terminal acetylenes is 1. The third-order valence-electron chi connectivity index (χ3n) is 2.15. The Morgan fingerprint density at radius 2 is 2.17 bits per heavy atom. The fourth-order valence-electron chi connectivity index (χ4n) is 1.35. The summed E-state index contributed by atoms with van der Waals surface area (Å²) in [6, 6.07) is 0.264. The molecule has 0 unspecified atom stereocenters. The Bertz CT molecular complexity index is 199. The minimum absolute atomic E-state index is 0.0596. The highest BCUT2D eigenvalue weighted by atomic mass is 16.2. The standard InChI is InChI=1S/C9H14N2O/c1-2-3-9(12)11-6-4-8(10)5-7-11/h1,8H,3-7,10H2. The van der Waals surface area contributed by atoms with E-state index >= 15 is 0 Å². The van der Waals surface area contributed by atoms with E-state index in [1.54, 1.807) is 4.90 Å². The molecule has 0 aromatic carbocycles. The number of nitrogens with two attached hydrogens (primary N) is 1. The van der Waals surface area contributed by atoms with Crippen molar-refractivity contribution in [2.24, 2.45) is 5.73 Å². The van der Waals surface area contributed by atoms with Gasteiger partial charge in [-0.2, -0.15) is 0 Å². The van der Waals surface area contributed by atoms with Gasteiger partial charge in [-0.3, -0.25) is 4.79 Å². The molecule has 0 saturated carbocycles. The van der Waals surface area contributed by atoms with Gasteiger partial charge in [-0.15, -0.1) is 6.42 Å². The van der Waals surface area contributed by atoms with Gasteiger partial charge in [-0.1, -0.05) is 5.92 Å². The smallest absolute Gasteiger partial charge is 0.234 e. The van der Waals surface area contributed by atoms with Crippen molar-refractivity contribution in [3.05, 3.63) is 0 Å². The number of nitrogens with zero attached hydrogens (tertiary/aromatic N) is 1. The summed E-state index contributed by atoms with van der Waals surface area (Å²) in [5.41, 5.74) is 5.69. The fraction of sp³-hybridized carbons (Fsp3) is 0.667. The molecule has 1 aliphatic heterocycles. The Morgan fingerprint density at radius 1 is 1.58 bits per heavy atom. The van der Waals surface area contributed by atoms with Crippen molar-refractivity contribution < 1.29 is 4.79 Å². The summed E-state index contributed by atoms with van der Waals surface area (Å²) in [5.74, 6) is 2.41. The molecule has 3 nitrogen and oxygen atoms in total. The normalized spacial score (nSPS) is 18.8. The van der Waals surface area contributed by atoms with Crippen molar-refractivity contribution in [2.45, 2.75) is 25.3 Å². The molecule has 1 amide bonds. The zero-order valence-electron chi connectivity index (χ0n) is 7.12. The summed E-state index contributed by atoms with van der Waals surface area (Å²) < 4.78 is 0. The van der Waals surface area contributed by atoms with E-state index in [2.05, 4.69) is 5.92 Å². The van der Waals surface area contributed by atoms with Gasteiger partial charge in [-0.25, -0.2) is 0 Å². The average molecular weight is 166 g/mol. The first-order chi connectivity index (χ1) is 5.74. The molecule has 3 heteroatoms. The van der Waals surface area contributed by atoms with Gasteiger partial charge in [0.25, 0.3) is 0 Å². The summed E-state index contributed by atoms with van der Waals surface area (Å²) >= 11 is 0. The molecule has 0 spiro atoms. The minimum atomic E-state index is 0.0596. The van der Waals surface area contributed by atoms with Crippen LogP contribution in [0.4, 0.5) is 0 Å². The topological polar surface area (TPSA) is 46.3 Å². The van der Waals surface area contributed by atoms with E-state index < -0.39 is 0 Å². The summed E-state index contributed by atoms with van der Waals surface area (Å²) in [6.07, 6.45) is 7.06. The lowest BCUT2D eigenvalue weighted by Crippen LogP contribution is -2.42. The van der Waals surface area contributed by atoms with Crippen molar-refractivity contribution in [1.29, 1.82) is 0 Å². The summed E-state index contributed by atoms with van der Waals surface area (Å²) in [5, 5.41) is 0. The van der Waals surface area contributed by atoms with Gasteiger partial charge in [0.15, 0.2) is 0 Å². The highest BCUT2D eigenvalue weighted by Gasteiger charge is 2.19. The van der Waals surface area contributed by atoms with Crippen molar-refractivity contribution in [2.75, 3.05) is 13.1 Å². The molecule has 1 saturated heterocycles. The first kappa shape index (κ1) is 9.08. The van der Waals surface area contributed by atoms with E-state index in [-0.39, 0.29) is 18.4 Å². The van der Waals surface area contributed by atoms with Gasteiger partial charge in [0.1, 0.15) is 0 Å². The van der Waals surface area contributed by atoms with E-state index in [4.69, 9.17) is 12.2 Å². The van der Waals surface area contributed by atoms with Crippen LogP contribution >= 0.6 is 0 Å². The lowest BCUT2D eigenvalue weighted by atomic mass is 10.1. The van der Waals surface area contributed by atoms with Crippen molar-refractivity contribution in [3.63, 3.8) is 0 Å². The number of carbonyl (C=O) groups excluding carboxylic acids is 1. The number of amides is 1. The molecule has 0 aromatic heterocycles. The Hall–Kier alpha value is -1.01. The number of hydrogen-bond donors (Lipinski definition) is 1. The Labute approximate surface area is 72.9 Å². The quantitative estimate of drug-likeness (QED) is 0.555. The minimum Gasteiger partial charge on any atom is -0.342 e. The summed E-state index contributed by atoms with van der Waals surface area (Å²) in [6.45, 7) is 1.53. The Kier molecular flexibility index (Phi) is 3.12. The zero-order valence-corrected chi connectivity index (χ0v) is 7.12. The van der Waals surface area contributed by atoms with Crippen LogP contribution in [0.25, 0.3) is 0 Å². The van der Waals surface area contributed by atoms with Gasteiger partial charge < -0.3 is 10.6 Å². The number of hydrogen-bond acceptors (Lipinski definition) is 2. The van der Waals surface area contributed by atoms with Crippen LogP contribution in [0.3, 0.4) is 0 Å². The molecular formula is C9H14N2O. The second-order valence-corrected chi connectivity index (χ2v) is 3.10. The molecule has 0 atom stereocenters. The van der Waals surface area contributed by atoms with Crippen LogP contribution in [0.5, 0.6) is 0 Å². The van der Waals surface area contributed by atoms with Crippen LogP contribution in [0.2, 0.25) is 0 Å². The van der Waals surface area contributed by atoms with Crippen molar-refractivity contribution in [3.8, 4) is 12.3 Å². The maximum Gasteiger partial charge on any atom is 0.234 e. The predicted octanol–water partition coefficient (Wildman–Crippen LogP) is -0.0406. The summed E-state index contributed by atoms with van der Waals surface area (Å²) in [4.78, 5) is 13.0. The molecular weight excluding hydrogens is 152 g/mol. The molecule has 2 N–H and O–H groups in total. The van der Waals surface area contributed by atoms with Crippen LogP contribution < -0.4 is 5.73 Å². The molecule has 1 heterocycles. The zero-order chi connectivity index (χ0) is 8.97. The third-order valence-corrected chi connectivity index (χ3v) is 2.15. The molecule has 12 heavy (non-hydrogen) atoms. The van der Waals surface area contributed by atoms with Gasteiger partial charge in [0, 0.05) is 19.1 Å². The molecule has 66 valence electrons. The van der Waals surface area contributed by atoms with Gasteiger partial charge in [0.05, 0.1) is 6.42 Å². The van der Waals surface area contributed by atoms with E-state index in [9.17, 15) is 4.79 Å². The lowest BCUT2D eigenvalue weighted by Gasteiger charge is -2.29. The van der Waals surface area contributed by atoms with Gasteiger partial charge in [-0.05, 0) is 12.8 Å². The number of rotatable bonds is 1. The first-order valence-corrected chi connectivity index (χ1v) is 4.21. The number of likely N-dealkylation sites (tertiary alicyclic amines) is 1. The summed E-state index contributed by atoms with van der Waals surface area (Å²) in [7, 11) is 0.